The van der Waals surface area contributed by atoms with Crippen molar-refractivity contribution in [1.29, 1.82) is 0 Å². The summed E-state index contributed by atoms with van der Waals surface area (Å²) >= 11 is 0. The number of hydrogen-bond acceptors (Lipinski definition) is 3. The van der Waals surface area contributed by atoms with Crippen molar-refractivity contribution in [3.8, 4) is 11.4 Å². The fourth-order valence-corrected chi connectivity index (χ4v) is 8.67. The van der Waals surface area contributed by atoms with Gasteiger partial charge >= 0.3 is 21.1 Å². The van der Waals surface area contributed by atoms with Crippen molar-refractivity contribution in [3.63, 3.8) is 0 Å². The van der Waals surface area contributed by atoms with Gasteiger partial charge in [-0.1, -0.05) is 119 Å². The Morgan fingerprint density at radius 1 is 0.702 bits per heavy atom. The summed E-state index contributed by atoms with van der Waals surface area (Å²) in [5.41, 5.74) is 10.5. The van der Waals surface area contributed by atoms with Crippen molar-refractivity contribution >= 4 is 49.6 Å². The largest absolute Gasteiger partial charge is 2.00 e. The molecule has 8 aromatic rings. The van der Waals surface area contributed by atoms with Crippen molar-refractivity contribution in [2.24, 2.45) is 10.9 Å². The molecule has 0 unspecified atom stereocenters. The van der Waals surface area contributed by atoms with Gasteiger partial charge in [0, 0.05) is 22.5 Å². The Morgan fingerprint density at radius 2 is 1.42 bits per heavy atom. The van der Waals surface area contributed by atoms with E-state index in [1.807, 2.05) is 12.3 Å². The van der Waals surface area contributed by atoms with Gasteiger partial charge in [-0.25, -0.2) is 4.98 Å². The van der Waals surface area contributed by atoms with E-state index in [2.05, 4.69) is 188 Å². The normalized spacial score (nSPS) is 18.6. The molecule has 4 heterocycles. The zero-order valence-corrected chi connectivity index (χ0v) is 36.8. The number of pyridine rings is 1. The SMILES string of the molecule is Cc1ccc2c(c1)c1ccc(-n3c4ccc(C(C)(C)C)cc4c4cccnc43)[c-]c1n2-c1[c-]c(C2=N[C@](C)(C(C)C)[C@@](C)(c3ccccc3)O2)cc(C(C)C)c1.[Pt+2]. The third-order valence-electron chi connectivity index (χ3n) is 12.5. The van der Waals surface area contributed by atoms with E-state index in [9.17, 15) is 0 Å². The zero-order valence-electron chi connectivity index (χ0n) is 34.6. The Hall–Kier alpha value is -4.99. The van der Waals surface area contributed by atoms with Crippen LogP contribution in [0.25, 0.3) is 55.1 Å². The zero-order chi connectivity index (χ0) is 39.3. The molecule has 5 aromatic carbocycles. The Bertz CT molecular complexity index is 2870. The van der Waals surface area contributed by atoms with Crippen LogP contribution in [-0.4, -0.2) is 25.6 Å². The molecule has 9 rings (SSSR count). The number of nitrogens with zero attached hydrogens (tertiary/aromatic N) is 4. The molecule has 0 aliphatic carbocycles. The minimum atomic E-state index is -0.656. The van der Waals surface area contributed by atoms with Crippen molar-refractivity contribution in [2.45, 2.75) is 91.7 Å². The number of rotatable bonds is 6. The van der Waals surface area contributed by atoms with Crippen LogP contribution < -0.4 is 0 Å². The monoisotopic (exact) mass is 929 g/mol. The molecule has 57 heavy (non-hydrogen) atoms. The molecule has 0 N–H and O–H groups in total. The third kappa shape index (κ3) is 6.08. The number of fused-ring (bicyclic) bond motifs is 6. The van der Waals surface area contributed by atoms with Gasteiger partial charge in [-0.05, 0) is 90.6 Å². The van der Waals surface area contributed by atoms with Gasteiger partial charge in [-0.15, -0.1) is 41.3 Å². The van der Waals surface area contributed by atoms with E-state index in [0.29, 0.717) is 5.90 Å². The molecule has 1 aliphatic rings. The second-order valence-electron chi connectivity index (χ2n) is 17.7. The molecule has 290 valence electrons. The van der Waals surface area contributed by atoms with E-state index >= 15 is 0 Å². The molecular formula is C51H50N4OPt. The van der Waals surface area contributed by atoms with Gasteiger partial charge in [0.2, 0.25) is 0 Å². The van der Waals surface area contributed by atoms with Crippen LogP contribution in [0.3, 0.4) is 0 Å². The Kier molecular flexibility index (Phi) is 9.44. The average Bonchev–Trinajstić information content (AvgIpc) is 3.79. The second-order valence-corrected chi connectivity index (χ2v) is 17.7. The van der Waals surface area contributed by atoms with Crippen LogP contribution in [0.5, 0.6) is 0 Å². The maximum atomic E-state index is 7.07. The first-order valence-electron chi connectivity index (χ1n) is 20.0. The van der Waals surface area contributed by atoms with Crippen molar-refractivity contribution in [3.05, 3.63) is 149 Å². The molecule has 0 amide bonds. The van der Waals surface area contributed by atoms with E-state index in [1.54, 1.807) is 0 Å². The number of hydrogen-bond donors (Lipinski definition) is 0. The second kappa shape index (κ2) is 13.8. The van der Waals surface area contributed by atoms with Crippen LogP contribution in [-0.2, 0) is 36.8 Å². The molecule has 0 fully saturated rings. The smallest absolute Gasteiger partial charge is 0.508 e. The maximum Gasteiger partial charge on any atom is 2.00 e. The predicted octanol–water partition coefficient (Wildman–Crippen LogP) is 12.7. The summed E-state index contributed by atoms with van der Waals surface area (Å²) in [4.78, 5) is 10.4. The first-order valence-corrected chi connectivity index (χ1v) is 20.0. The molecule has 0 saturated carbocycles. The fourth-order valence-electron chi connectivity index (χ4n) is 8.67. The summed E-state index contributed by atoms with van der Waals surface area (Å²) < 4.78 is 11.7. The van der Waals surface area contributed by atoms with Gasteiger partial charge in [0.1, 0.15) is 17.1 Å². The van der Waals surface area contributed by atoms with Gasteiger partial charge in [0.25, 0.3) is 0 Å². The number of aliphatic imine (C=N–C) groups is 1. The minimum Gasteiger partial charge on any atom is -0.508 e. The molecule has 6 heteroatoms. The predicted molar refractivity (Wildman–Crippen MR) is 233 cm³/mol. The maximum absolute atomic E-state index is 7.07. The Balaban J connectivity index is 0.00000455. The van der Waals surface area contributed by atoms with Crippen LogP contribution in [0, 0.1) is 25.0 Å². The first-order chi connectivity index (χ1) is 26.7. The van der Waals surface area contributed by atoms with Crippen LogP contribution in [0.2, 0.25) is 0 Å². The van der Waals surface area contributed by atoms with Gasteiger partial charge in [-0.3, -0.25) is 4.99 Å². The van der Waals surface area contributed by atoms with Gasteiger partial charge in [0.15, 0.2) is 0 Å². The number of benzene rings is 5. The van der Waals surface area contributed by atoms with Crippen LogP contribution in [0.4, 0.5) is 0 Å². The number of aryl methyl sites for hydroxylation is 1. The van der Waals surface area contributed by atoms with Crippen molar-refractivity contribution in [1.82, 2.24) is 14.1 Å². The van der Waals surface area contributed by atoms with Crippen LogP contribution in [0.1, 0.15) is 96.0 Å². The molecule has 0 bridgehead atoms. The number of aromatic nitrogens is 3. The molecule has 5 nitrogen and oxygen atoms in total. The summed E-state index contributed by atoms with van der Waals surface area (Å²) in [5.74, 6) is 1.11. The average molecular weight is 930 g/mol. The summed E-state index contributed by atoms with van der Waals surface area (Å²) in [7, 11) is 0. The fraction of sp³-hybridized carbons (Fsp3) is 0.294. The van der Waals surface area contributed by atoms with Crippen LogP contribution >= 0.6 is 0 Å². The van der Waals surface area contributed by atoms with E-state index < -0.39 is 11.1 Å². The van der Waals surface area contributed by atoms with E-state index in [0.717, 1.165) is 55.5 Å². The third-order valence-corrected chi connectivity index (χ3v) is 12.5. The van der Waals surface area contributed by atoms with E-state index in [1.165, 1.54) is 27.5 Å². The van der Waals surface area contributed by atoms with E-state index in [-0.39, 0.29) is 38.3 Å². The quantitative estimate of drug-likeness (QED) is 0.156. The molecular weight excluding hydrogens is 880 g/mol. The standard InChI is InChI=1S/C51H50N4O.Pt/c1-31(2)34-26-35(48-53-50(9,32(3)4)51(10,56-48)36-15-12-11-13-16-36)28-39(27-34)54-44-22-18-33(5)25-42(44)40-21-20-38(30-46(40)54)55-45-23-19-37(49(6,7)8)29-43(45)41-17-14-24-52-47(41)55;/h11-27,29,31-32H,1-10H3;/q-2;+2/t50-,51-;/m1./s1. The van der Waals surface area contributed by atoms with Crippen molar-refractivity contribution in [2.75, 3.05) is 0 Å². The van der Waals surface area contributed by atoms with Gasteiger partial charge in [0.05, 0.1) is 11.1 Å². The molecule has 0 radical (unpaired) electrons. The summed E-state index contributed by atoms with van der Waals surface area (Å²) in [6.45, 7) is 22.3. The first kappa shape index (κ1) is 38.9. The minimum absolute atomic E-state index is 0. The Morgan fingerprint density at radius 3 is 2.14 bits per heavy atom. The van der Waals surface area contributed by atoms with E-state index in [4.69, 9.17) is 14.7 Å². The molecule has 0 saturated heterocycles. The van der Waals surface area contributed by atoms with Gasteiger partial charge in [-0.2, -0.15) is 6.07 Å². The summed E-state index contributed by atoms with van der Waals surface area (Å²) in [6, 6.07) is 45.0. The topological polar surface area (TPSA) is 44.3 Å². The molecule has 1 aliphatic heterocycles. The van der Waals surface area contributed by atoms with Crippen LogP contribution in [0.15, 0.2) is 114 Å². The molecule has 2 atom stereocenters. The molecule has 0 spiro atoms. The van der Waals surface area contributed by atoms with Crippen molar-refractivity contribution < 1.29 is 25.8 Å². The summed E-state index contributed by atoms with van der Waals surface area (Å²) in [5, 5.41) is 4.65. The number of ether oxygens (including phenoxy) is 1. The molecule has 3 aromatic heterocycles. The summed E-state index contributed by atoms with van der Waals surface area (Å²) in [6.07, 6.45) is 1.88. The van der Waals surface area contributed by atoms with Gasteiger partial charge < -0.3 is 13.9 Å². The Labute approximate surface area is 351 Å².